The maximum absolute atomic E-state index is 13.1. The van der Waals surface area contributed by atoms with Crippen molar-refractivity contribution in [1.29, 1.82) is 0 Å². The third-order valence-electron chi connectivity index (χ3n) is 7.30. The summed E-state index contributed by atoms with van der Waals surface area (Å²) < 4.78 is 14.9. The second-order valence-electron chi connectivity index (χ2n) is 9.55. The van der Waals surface area contributed by atoms with Crippen molar-refractivity contribution < 1.29 is 9.18 Å². The molecule has 6 nitrogen and oxygen atoms in total. The number of carbonyl (C=O) groups excluding carboxylic acids is 1. The SMILES string of the molecule is Cn1cc([C@H]2C[C@@H]2C(=O)Nc2cc3cc([C@H]4C[C@H](N5CC(F)C5)C4)c(Cl)cc3cn2)cn1. The molecule has 1 N–H and O–H groups in total. The van der Waals surface area contributed by atoms with E-state index in [4.69, 9.17) is 11.6 Å². The number of amides is 1. The normalized spacial score (nSPS) is 27.7. The van der Waals surface area contributed by atoms with Gasteiger partial charge in [-0.2, -0.15) is 5.10 Å². The molecule has 3 aliphatic rings. The number of halogens is 2. The highest BCUT2D eigenvalue weighted by atomic mass is 35.5. The molecule has 2 aromatic heterocycles. The number of nitrogens with zero attached hydrogens (tertiary/aromatic N) is 4. The van der Waals surface area contributed by atoms with E-state index in [1.165, 1.54) is 0 Å². The topological polar surface area (TPSA) is 63.1 Å². The number of anilines is 1. The maximum Gasteiger partial charge on any atom is 0.229 e. The van der Waals surface area contributed by atoms with Gasteiger partial charge in [-0.15, -0.1) is 0 Å². The van der Waals surface area contributed by atoms with Crippen molar-refractivity contribution in [2.24, 2.45) is 13.0 Å². The summed E-state index contributed by atoms with van der Waals surface area (Å²) in [7, 11) is 1.88. The summed E-state index contributed by atoms with van der Waals surface area (Å²) in [6.07, 6.45) is 7.79. The number of hydrogen-bond donors (Lipinski definition) is 1. The lowest BCUT2D eigenvalue weighted by Crippen LogP contribution is -2.57. The van der Waals surface area contributed by atoms with E-state index in [1.807, 2.05) is 31.6 Å². The summed E-state index contributed by atoms with van der Waals surface area (Å²) in [5.41, 5.74) is 2.24. The number of nitrogens with one attached hydrogen (secondary N) is 1. The lowest BCUT2D eigenvalue weighted by molar-refractivity contribution is -0.117. The number of pyridine rings is 1. The average Bonchev–Trinajstić information content (AvgIpc) is 3.40. The van der Waals surface area contributed by atoms with Crippen LogP contribution in [0, 0.1) is 5.92 Å². The first-order chi connectivity index (χ1) is 15.4. The molecule has 32 heavy (non-hydrogen) atoms. The fourth-order valence-corrected chi connectivity index (χ4v) is 5.49. The summed E-state index contributed by atoms with van der Waals surface area (Å²) in [6.45, 7) is 1.14. The standard InChI is InChI=1S/C24H25ClFN5O/c1-30-10-16(9-28-30)19-7-21(19)24(32)29-23-6-13-4-20(22(25)5-15(13)8-27-23)14-2-18(3-14)31-11-17(26)12-31/h4-6,8-10,14,17-19,21H,2-3,7,11-12H2,1H3,(H,27,29,32)/t14-,18-,19-,21+/m1/s1. The Bertz CT molecular complexity index is 1200. The molecule has 0 radical (unpaired) electrons. The van der Waals surface area contributed by atoms with Crippen LogP contribution in [0.1, 0.15) is 42.2 Å². The second-order valence-corrected chi connectivity index (χ2v) is 9.96. The monoisotopic (exact) mass is 453 g/mol. The van der Waals surface area contributed by atoms with E-state index in [2.05, 4.69) is 26.4 Å². The van der Waals surface area contributed by atoms with Crippen LogP contribution in [0.5, 0.6) is 0 Å². The molecule has 1 aliphatic heterocycles. The van der Waals surface area contributed by atoms with Crippen molar-refractivity contribution in [3.63, 3.8) is 0 Å². The molecule has 0 spiro atoms. The minimum atomic E-state index is -0.658. The van der Waals surface area contributed by atoms with E-state index in [0.717, 1.165) is 46.2 Å². The van der Waals surface area contributed by atoms with Gasteiger partial charge in [0.15, 0.2) is 0 Å². The van der Waals surface area contributed by atoms with Crippen LogP contribution in [0.25, 0.3) is 10.8 Å². The molecular formula is C24H25ClFN5O. The predicted octanol–water partition coefficient (Wildman–Crippen LogP) is 4.26. The first-order valence-electron chi connectivity index (χ1n) is 11.2. The molecular weight excluding hydrogens is 429 g/mol. The summed E-state index contributed by atoms with van der Waals surface area (Å²) in [5, 5.41) is 9.91. The molecule has 2 atom stereocenters. The van der Waals surface area contributed by atoms with Crippen LogP contribution in [0.4, 0.5) is 10.2 Å². The van der Waals surface area contributed by atoms with Gasteiger partial charge in [0.25, 0.3) is 0 Å². The van der Waals surface area contributed by atoms with Crippen LogP contribution in [0.3, 0.4) is 0 Å². The van der Waals surface area contributed by atoms with Crippen LogP contribution in [0.15, 0.2) is 36.8 Å². The van der Waals surface area contributed by atoms with Gasteiger partial charge in [-0.25, -0.2) is 9.37 Å². The number of benzene rings is 1. The van der Waals surface area contributed by atoms with E-state index >= 15 is 0 Å². The van der Waals surface area contributed by atoms with Gasteiger partial charge < -0.3 is 5.32 Å². The highest BCUT2D eigenvalue weighted by Gasteiger charge is 2.45. The lowest BCUT2D eigenvalue weighted by atomic mass is 9.74. The van der Waals surface area contributed by atoms with E-state index in [-0.39, 0.29) is 17.7 Å². The van der Waals surface area contributed by atoms with Gasteiger partial charge in [-0.05, 0) is 65.8 Å². The molecule has 6 rings (SSSR count). The number of aryl methyl sites for hydroxylation is 1. The third-order valence-corrected chi connectivity index (χ3v) is 7.63. The first kappa shape index (κ1) is 20.1. The quantitative estimate of drug-likeness (QED) is 0.626. The van der Waals surface area contributed by atoms with Gasteiger partial charge in [-0.1, -0.05) is 11.6 Å². The van der Waals surface area contributed by atoms with Crippen LogP contribution in [-0.2, 0) is 11.8 Å². The zero-order valence-corrected chi connectivity index (χ0v) is 18.6. The Morgan fingerprint density at radius 1 is 1.16 bits per heavy atom. The minimum absolute atomic E-state index is 0.00226. The van der Waals surface area contributed by atoms with E-state index in [0.29, 0.717) is 30.9 Å². The highest BCUT2D eigenvalue weighted by molar-refractivity contribution is 6.32. The molecule has 1 saturated heterocycles. The Morgan fingerprint density at radius 2 is 1.97 bits per heavy atom. The molecule has 0 bridgehead atoms. The number of alkyl halides is 1. The lowest BCUT2D eigenvalue weighted by Gasteiger charge is -2.48. The van der Waals surface area contributed by atoms with Crippen LogP contribution in [-0.4, -0.2) is 50.9 Å². The molecule has 2 saturated carbocycles. The summed E-state index contributed by atoms with van der Waals surface area (Å²) in [6, 6.07) is 6.48. The first-order valence-corrected chi connectivity index (χ1v) is 11.6. The molecule has 3 heterocycles. The maximum atomic E-state index is 13.1. The second kappa shape index (κ2) is 7.52. The molecule has 3 fully saturated rings. The number of fused-ring (bicyclic) bond motifs is 1. The Morgan fingerprint density at radius 3 is 2.69 bits per heavy atom. The Hall–Kier alpha value is -2.51. The van der Waals surface area contributed by atoms with E-state index in [1.54, 1.807) is 10.9 Å². The molecule has 3 aromatic rings. The van der Waals surface area contributed by atoms with Gasteiger partial charge in [0.2, 0.25) is 5.91 Å². The summed E-state index contributed by atoms with van der Waals surface area (Å²) in [5.74, 6) is 1.17. The molecule has 1 aromatic carbocycles. The Balaban J connectivity index is 1.14. The van der Waals surface area contributed by atoms with Crippen molar-refractivity contribution in [2.45, 2.75) is 43.3 Å². The van der Waals surface area contributed by atoms with Gasteiger partial charge in [0.1, 0.15) is 12.0 Å². The Labute approximate surface area is 190 Å². The number of hydrogen-bond acceptors (Lipinski definition) is 4. The van der Waals surface area contributed by atoms with Crippen molar-refractivity contribution >= 4 is 34.1 Å². The summed E-state index contributed by atoms with van der Waals surface area (Å²) in [4.78, 5) is 19.4. The average molecular weight is 454 g/mol. The van der Waals surface area contributed by atoms with E-state index < -0.39 is 6.17 Å². The molecule has 166 valence electrons. The number of likely N-dealkylation sites (tertiary alicyclic amines) is 1. The number of aromatic nitrogens is 3. The van der Waals surface area contributed by atoms with E-state index in [9.17, 15) is 9.18 Å². The third kappa shape index (κ3) is 3.57. The van der Waals surface area contributed by atoms with Gasteiger partial charge in [0, 0.05) is 54.9 Å². The Kier molecular flexibility index (Phi) is 4.73. The van der Waals surface area contributed by atoms with Gasteiger partial charge in [-0.3, -0.25) is 14.4 Å². The zero-order valence-electron chi connectivity index (χ0n) is 17.8. The van der Waals surface area contributed by atoms with Crippen LogP contribution in [0.2, 0.25) is 5.02 Å². The van der Waals surface area contributed by atoms with Crippen molar-refractivity contribution in [3.8, 4) is 0 Å². The predicted molar refractivity (Wildman–Crippen MR) is 122 cm³/mol. The largest absolute Gasteiger partial charge is 0.310 e. The van der Waals surface area contributed by atoms with Crippen molar-refractivity contribution in [3.05, 3.63) is 52.9 Å². The fourth-order valence-electron chi connectivity index (χ4n) is 5.16. The fraction of sp³-hybridized carbons (Fsp3) is 0.458. The smallest absolute Gasteiger partial charge is 0.229 e. The van der Waals surface area contributed by atoms with Crippen molar-refractivity contribution in [2.75, 3.05) is 18.4 Å². The van der Waals surface area contributed by atoms with Crippen molar-refractivity contribution in [1.82, 2.24) is 19.7 Å². The minimum Gasteiger partial charge on any atom is -0.310 e. The van der Waals surface area contributed by atoms with Crippen LogP contribution >= 0.6 is 11.6 Å². The van der Waals surface area contributed by atoms with Crippen LogP contribution < -0.4 is 5.32 Å². The molecule has 2 aliphatic carbocycles. The zero-order chi connectivity index (χ0) is 22.0. The molecule has 0 unspecified atom stereocenters. The number of carbonyl (C=O) groups is 1. The van der Waals surface area contributed by atoms with Gasteiger partial charge >= 0.3 is 0 Å². The number of rotatable bonds is 5. The van der Waals surface area contributed by atoms with Gasteiger partial charge in [0.05, 0.1) is 6.20 Å². The molecule has 1 amide bonds. The highest BCUT2D eigenvalue weighted by Crippen LogP contribution is 2.48. The molecule has 8 heteroatoms. The summed E-state index contributed by atoms with van der Waals surface area (Å²) >= 11 is 6.58.